The Kier molecular flexibility index (Phi) is 5.77. The first-order valence-electron chi connectivity index (χ1n) is 10.5. The minimum Gasteiger partial charge on any atom is -0.481 e. The van der Waals surface area contributed by atoms with Crippen molar-refractivity contribution in [2.45, 2.75) is 51.2 Å². The van der Waals surface area contributed by atoms with Gasteiger partial charge in [0.05, 0.1) is 23.8 Å². The number of carbonyl (C=O) groups excluding carboxylic acids is 1. The Morgan fingerprint density at radius 1 is 1.10 bits per heavy atom. The first kappa shape index (κ1) is 21.4. The summed E-state index contributed by atoms with van der Waals surface area (Å²) in [6.45, 7) is 0.302. The summed E-state index contributed by atoms with van der Waals surface area (Å²) in [6.07, 6.45) is -1.66. The number of benzene rings is 1. The van der Waals surface area contributed by atoms with Crippen molar-refractivity contribution in [3.05, 3.63) is 47.3 Å². The second-order valence-electron chi connectivity index (χ2n) is 8.34. The predicted molar refractivity (Wildman–Crippen MR) is 105 cm³/mol. The van der Waals surface area contributed by atoms with Crippen LogP contribution in [0.5, 0.6) is 0 Å². The van der Waals surface area contributed by atoms with E-state index in [-0.39, 0.29) is 42.8 Å². The number of nitrogens with zero attached hydrogens (tertiary/aromatic N) is 3. The van der Waals surface area contributed by atoms with E-state index in [1.54, 1.807) is 35.2 Å². The van der Waals surface area contributed by atoms with Gasteiger partial charge in [-0.15, -0.1) is 0 Å². The minimum atomic E-state index is -4.56. The van der Waals surface area contributed by atoms with E-state index in [2.05, 4.69) is 5.10 Å². The fraction of sp³-hybridized carbons (Fsp3) is 0.500. The summed E-state index contributed by atoms with van der Waals surface area (Å²) in [5, 5.41) is 13.0. The molecule has 1 aromatic heterocycles. The second-order valence-corrected chi connectivity index (χ2v) is 8.34. The number of alkyl halides is 3. The summed E-state index contributed by atoms with van der Waals surface area (Å²) in [5.41, 5.74) is 0.191. The van der Waals surface area contributed by atoms with Crippen LogP contribution < -0.4 is 0 Å². The van der Waals surface area contributed by atoms with Gasteiger partial charge in [-0.05, 0) is 50.2 Å². The van der Waals surface area contributed by atoms with Crippen LogP contribution in [0.15, 0.2) is 30.3 Å². The highest BCUT2D eigenvalue weighted by molar-refractivity contribution is 5.77. The molecule has 0 atom stereocenters. The summed E-state index contributed by atoms with van der Waals surface area (Å²) in [6, 6.07) is 8.62. The van der Waals surface area contributed by atoms with Crippen LogP contribution in [-0.4, -0.2) is 38.2 Å². The maximum Gasteiger partial charge on any atom is 0.435 e. The lowest BCUT2D eigenvalue weighted by atomic mass is 9.80. The molecule has 1 aromatic carbocycles. The van der Waals surface area contributed by atoms with Gasteiger partial charge >= 0.3 is 12.1 Å². The molecule has 4 rings (SSSR count). The molecule has 0 bridgehead atoms. The normalized spacial score (nSPS) is 21.6. The molecule has 1 aliphatic heterocycles. The van der Waals surface area contributed by atoms with Crippen LogP contribution in [0.3, 0.4) is 0 Å². The van der Waals surface area contributed by atoms with Crippen LogP contribution in [0, 0.1) is 11.8 Å². The fourth-order valence-corrected chi connectivity index (χ4v) is 4.63. The largest absolute Gasteiger partial charge is 0.481 e. The van der Waals surface area contributed by atoms with Crippen LogP contribution in [0.2, 0.25) is 0 Å². The topological polar surface area (TPSA) is 75.4 Å². The molecule has 2 aromatic rings. The number of carboxylic acid groups (broad SMARTS) is 1. The highest BCUT2D eigenvalue weighted by Crippen LogP contribution is 2.37. The number of aromatic nitrogens is 2. The van der Waals surface area contributed by atoms with Gasteiger partial charge in [-0.1, -0.05) is 18.2 Å². The van der Waals surface area contributed by atoms with Gasteiger partial charge in [0.25, 0.3) is 0 Å². The number of fused-ring (bicyclic) bond motifs is 1. The zero-order valence-electron chi connectivity index (χ0n) is 16.9. The third-order valence-electron chi connectivity index (χ3n) is 6.34. The molecule has 166 valence electrons. The number of carboxylic acids is 1. The van der Waals surface area contributed by atoms with Gasteiger partial charge in [0, 0.05) is 18.5 Å². The molecule has 1 fully saturated rings. The van der Waals surface area contributed by atoms with E-state index in [0.29, 0.717) is 43.5 Å². The molecule has 1 N–H and O–H groups in total. The van der Waals surface area contributed by atoms with Crippen LogP contribution in [0.1, 0.15) is 49.1 Å². The molecule has 6 nitrogen and oxygen atoms in total. The Morgan fingerprint density at radius 2 is 1.77 bits per heavy atom. The van der Waals surface area contributed by atoms with Crippen molar-refractivity contribution in [1.29, 1.82) is 0 Å². The van der Waals surface area contributed by atoms with Gasteiger partial charge in [-0.25, -0.2) is 4.68 Å². The van der Waals surface area contributed by atoms with Gasteiger partial charge in [0.15, 0.2) is 5.69 Å². The lowest BCUT2D eigenvalue weighted by Gasteiger charge is -2.31. The molecule has 0 spiro atoms. The fourth-order valence-electron chi connectivity index (χ4n) is 4.63. The maximum atomic E-state index is 13.6. The molecule has 9 heteroatoms. The highest BCUT2D eigenvalue weighted by Gasteiger charge is 2.41. The monoisotopic (exact) mass is 435 g/mol. The molecule has 1 saturated carbocycles. The summed E-state index contributed by atoms with van der Waals surface area (Å²) >= 11 is 0. The third-order valence-corrected chi connectivity index (χ3v) is 6.34. The average molecular weight is 435 g/mol. The zero-order valence-corrected chi connectivity index (χ0v) is 16.9. The van der Waals surface area contributed by atoms with Gasteiger partial charge in [0.1, 0.15) is 0 Å². The Morgan fingerprint density at radius 3 is 2.39 bits per heavy atom. The van der Waals surface area contributed by atoms with Crippen molar-refractivity contribution >= 4 is 11.9 Å². The summed E-state index contributed by atoms with van der Waals surface area (Å²) in [5.74, 6) is -1.11. The molecule has 2 heterocycles. The number of rotatable bonds is 4. The molecular weight excluding hydrogens is 411 g/mol. The lowest BCUT2D eigenvalue weighted by Crippen LogP contribution is -2.38. The molecule has 0 unspecified atom stereocenters. The van der Waals surface area contributed by atoms with E-state index in [4.69, 9.17) is 5.11 Å². The smallest absolute Gasteiger partial charge is 0.435 e. The van der Waals surface area contributed by atoms with E-state index in [1.807, 2.05) is 0 Å². The Balaban J connectivity index is 1.52. The predicted octanol–water partition coefficient (Wildman–Crippen LogP) is 4.06. The number of aliphatic carboxylic acids is 1. The minimum absolute atomic E-state index is 0.0800. The van der Waals surface area contributed by atoms with Crippen molar-refractivity contribution in [1.82, 2.24) is 14.7 Å². The average Bonchev–Trinajstić information content (AvgIpc) is 3.14. The molecular formula is C22H24F3N3O3. The maximum absolute atomic E-state index is 13.6. The third kappa shape index (κ3) is 4.45. The molecule has 1 amide bonds. The number of para-hydroxylation sites is 1. The first-order chi connectivity index (χ1) is 14.7. The zero-order chi connectivity index (χ0) is 22.2. The van der Waals surface area contributed by atoms with E-state index in [9.17, 15) is 22.8 Å². The number of hydrogen-bond donors (Lipinski definition) is 1. The number of carbonyl (C=O) groups is 2. The van der Waals surface area contributed by atoms with Gasteiger partial charge in [-0.3, -0.25) is 9.59 Å². The SMILES string of the molecule is O=C(O)C1CCC(CC(=O)N2CCc3c(C(F)(F)F)nn(-c4ccccc4)c3C2)CC1. The highest BCUT2D eigenvalue weighted by atomic mass is 19.4. The van der Waals surface area contributed by atoms with Crippen LogP contribution in [0.4, 0.5) is 13.2 Å². The summed E-state index contributed by atoms with van der Waals surface area (Å²) in [7, 11) is 0. The standard InChI is InChI=1S/C22H24F3N3O3/c23-22(24,25)20-17-10-11-27(13-18(17)28(26-20)16-4-2-1-3-5-16)19(29)12-14-6-8-15(9-7-14)21(30)31/h1-5,14-15H,6-13H2,(H,30,31). The van der Waals surface area contributed by atoms with Crippen molar-refractivity contribution in [3.63, 3.8) is 0 Å². The second kappa shape index (κ2) is 8.36. The molecule has 0 radical (unpaired) electrons. The number of halogens is 3. The van der Waals surface area contributed by atoms with Crippen LogP contribution in [-0.2, 0) is 28.7 Å². The quantitative estimate of drug-likeness (QED) is 0.786. The van der Waals surface area contributed by atoms with Gasteiger partial charge in [-0.2, -0.15) is 18.3 Å². The Hall–Kier alpha value is -2.84. The van der Waals surface area contributed by atoms with E-state index in [0.717, 1.165) is 0 Å². The van der Waals surface area contributed by atoms with Crippen LogP contribution in [0.25, 0.3) is 5.69 Å². The van der Waals surface area contributed by atoms with Crippen molar-refractivity contribution in [2.75, 3.05) is 6.54 Å². The van der Waals surface area contributed by atoms with E-state index in [1.165, 1.54) is 4.68 Å². The first-order valence-corrected chi connectivity index (χ1v) is 10.5. The Labute approximate surface area is 177 Å². The van der Waals surface area contributed by atoms with Crippen molar-refractivity contribution in [2.24, 2.45) is 11.8 Å². The number of amides is 1. The summed E-state index contributed by atoms with van der Waals surface area (Å²) in [4.78, 5) is 25.6. The van der Waals surface area contributed by atoms with Gasteiger partial charge < -0.3 is 10.0 Å². The molecule has 0 saturated heterocycles. The van der Waals surface area contributed by atoms with Crippen LogP contribution >= 0.6 is 0 Å². The number of hydrogen-bond acceptors (Lipinski definition) is 3. The molecule has 2 aliphatic rings. The lowest BCUT2D eigenvalue weighted by molar-refractivity contribution is -0.143. The molecule has 31 heavy (non-hydrogen) atoms. The van der Waals surface area contributed by atoms with E-state index >= 15 is 0 Å². The molecule has 1 aliphatic carbocycles. The van der Waals surface area contributed by atoms with Crippen molar-refractivity contribution in [3.8, 4) is 5.69 Å². The van der Waals surface area contributed by atoms with Crippen molar-refractivity contribution < 1.29 is 27.9 Å². The summed E-state index contributed by atoms with van der Waals surface area (Å²) < 4.78 is 42.0. The van der Waals surface area contributed by atoms with Gasteiger partial charge in [0.2, 0.25) is 5.91 Å². The Bertz CT molecular complexity index is 964. The van der Waals surface area contributed by atoms with E-state index < -0.39 is 17.8 Å².